The van der Waals surface area contributed by atoms with E-state index in [1.54, 1.807) is 11.8 Å². The molecule has 0 unspecified atom stereocenters. The molecule has 1 atom stereocenters. The van der Waals surface area contributed by atoms with Gasteiger partial charge in [-0.25, -0.2) is 0 Å². The molecule has 0 aliphatic carbocycles. The van der Waals surface area contributed by atoms with E-state index in [0.717, 1.165) is 11.3 Å². The molecule has 2 nitrogen and oxygen atoms in total. The van der Waals surface area contributed by atoms with Crippen molar-refractivity contribution in [3.8, 4) is 0 Å². The van der Waals surface area contributed by atoms with E-state index in [9.17, 15) is 4.79 Å². The lowest BCUT2D eigenvalue weighted by Gasteiger charge is -2.26. The van der Waals surface area contributed by atoms with Gasteiger partial charge in [0.15, 0.2) is 0 Å². The summed E-state index contributed by atoms with van der Waals surface area (Å²) in [5.41, 5.74) is 1.00. The Labute approximate surface area is 101 Å². The summed E-state index contributed by atoms with van der Waals surface area (Å²) in [4.78, 5) is 12.0. The van der Waals surface area contributed by atoms with Crippen LogP contribution >= 0.6 is 11.8 Å². The molecule has 0 fully saturated rings. The predicted octanol–water partition coefficient (Wildman–Crippen LogP) is 3.22. The SMILES string of the molecule is CCOC(=O)[C@](C)(SCC)c1ccccc1. The maximum Gasteiger partial charge on any atom is 0.326 e. The highest BCUT2D eigenvalue weighted by molar-refractivity contribution is 8.00. The minimum Gasteiger partial charge on any atom is -0.465 e. The molecular weight excluding hydrogens is 220 g/mol. The molecule has 0 saturated carbocycles. The van der Waals surface area contributed by atoms with Crippen LogP contribution in [0.3, 0.4) is 0 Å². The van der Waals surface area contributed by atoms with Crippen LogP contribution in [0.25, 0.3) is 0 Å². The van der Waals surface area contributed by atoms with E-state index >= 15 is 0 Å². The Morgan fingerprint density at radius 1 is 1.31 bits per heavy atom. The zero-order valence-corrected chi connectivity index (χ0v) is 10.8. The van der Waals surface area contributed by atoms with Crippen molar-refractivity contribution >= 4 is 17.7 Å². The molecule has 3 heteroatoms. The van der Waals surface area contributed by atoms with Gasteiger partial charge in [0.2, 0.25) is 0 Å². The number of thioether (sulfide) groups is 1. The largest absolute Gasteiger partial charge is 0.465 e. The van der Waals surface area contributed by atoms with Gasteiger partial charge in [0.25, 0.3) is 0 Å². The highest BCUT2D eigenvalue weighted by atomic mass is 32.2. The van der Waals surface area contributed by atoms with Crippen molar-refractivity contribution in [2.45, 2.75) is 25.5 Å². The normalized spacial score (nSPS) is 14.2. The van der Waals surface area contributed by atoms with Gasteiger partial charge in [0.05, 0.1) is 6.61 Å². The van der Waals surface area contributed by atoms with Crippen LogP contribution in [0.1, 0.15) is 26.3 Å². The van der Waals surface area contributed by atoms with Crippen LogP contribution in [0.2, 0.25) is 0 Å². The number of hydrogen-bond acceptors (Lipinski definition) is 3. The molecule has 0 saturated heterocycles. The van der Waals surface area contributed by atoms with Crippen LogP contribution < -0.4 is 0 Å². The Balaban J connectivity index is 3.01. The lowest BCUT2D eigenvalue weighted by atomic mass is 10.0. The van der Waals surface area contributed by atoms with Gasteiger partial charge >= 0.3 is 5.97 Å². The van der Waals surface area contributed by atoms with E-state index in [1.807, 2.05) is 51.1 Å². The molecule has 1 aromatic rings. The topological polar surface area (TPSA) is 26.3 Å². The number of esters is 1. The first-order chi connectivity index (χ1) is 7.65. The van der Waals surface area contributed by atoms with Crippen molar-refractivity contribution in [2.75, 3.05) is 12.4 Å². The third kappa shape index (κ3) is 2.79. The monoisotopic (exact) mass is 238 g/mol. The molecule has 1 aromatic carbocycles. The average molecular weight is 238 g/mol. The smallest absolute Gasteiger partial charge is 0.326 e. The molecule has 0 amide bonds. The van der Waals surface area contributed by atoms with Gasteiger partial charge in [-0.05, 0) is 25.2 Å². The van der Waals surface area contributed by atoms with Gasteiger partial charge in [-0.15, -0.1) is 11.8 Å². The summed E-state index contributed by atoms with van der Waals surface area (Å²) in [5, 5.41) is 0. The van der Waals surface area contributed by atoms with Crippen LogP contribution in [0.4, 0.5) is 0 Å². The van der Waals surface area contributed by atoms with Crippen molar-refractivity contribution in [1.82, 2.24) is 0 Å². The first-order valence-electron chi connectivity index (χ1n) is 5.51. The number of rotatable bonds is 5. The van der Waals surface area contributed by atoms with Gasteiger partial charge < -0.3 is 4.74 Å². The van der Waals surface area contributed by atoms with Crippen molar-refractivity contribution in [2.24, 2.45) is 0 Å². The first-order valence-corrected chi connectivity index (χ1v) is 6.50. The molecule has 0 aliphatic heterocycles. The fourth-order valence-electron chi connectivity index (χ4n) is 1.57. The van der Waals surface area contributed by atoms with Crippen molar-refractivity contribution in [3.63, 3.8) is 0 Å². The second kappa shape index (κ2) is 5.94. The number of ether oxygens (including phenoxy) is 1. The zero-order chi connectivity index (χ0) is 12.0. The Morgan fingerprint density at radius 3 is 2.44 bits per heavy atom. The van der Waals surface area contributed by atoms with E-state index in [0.29, 0.717) is 6.61 Å². The molecule has 0 aromatic heterocycles. The lowest BCUT2D eigenvalue weighted by Crippen LogP contribution is -2.31. The minimum atomic E-state index is -0.591. The maximum absolute atomic E-state index is 12.0. The second-order valence-electron chi connectivity index (χ2n) is 3.55. The predicted molar refractivity (Wildman–Crippen MR) is 68.6 cm³/mol. The Bertz CT molecular complexity index is 337. The first kappa shape index (κ1) is 13.1. The fraction of sp³-hybridized carbons (Fsp3) is 0.462. The zero-order valence-electron chi connectivity index (χ0n) is 10.0. The summed E-state index contributed by atoms with van der Waals surface area (Å²) in [6.45, 7) is 6.23. The van der Waals surface area contributed by atoms with Crippen LogP contribution in [-0.2, 0) is 14.3 Å². The minimum absolute atomic E-state index is 0.159. The number of hydrogen-bond donors (Lipinski definition) is 0. The number of carbonyl (C=O) groups excluding carboxylic acids is 1. The third-order valence-electron chi connectivity index (χ3n) is 2.42. The Morgan fingerprint density at radius 2 is 1.94 bits per heavy atom. The molecule has 16 heavy (non-hydrogen) atoms. The van der Waals surface area contributed by atoms with Crippen molar-refractivity contribution < 1.29 is 9.53 Å². The maximum atomic E-state index is 12.0. The molecule has 0 heterocycles. The summed E-state index contributed by atoms with van der Waals surface area (Å²) in [7, 11) is 0. The Kier molecular flexibility index (Phi) is 4.87. The summed E-state index contributed by atoms with van der Waals surface area (Å²) in [5.74, 6) is 0.720. The van der Waals surface area contributed by atoms with Crippen LogP contribution in [0.5, 0.6) is 0 Å². The molecule has 1 rings (SSSR count). The van der Waals surface area contributed by atoms with E-state index in [1.165, 1.54) is 0 Å². The third-order valence-corrected chi connectivity index (χ3v) is 3.69. The van der Waals surface area contributed by atoms with Crippen LogP contribution in [-0.4, -0.2) is 18.3 Å². The quantitative estimate of drug-likeness (QED) is 0.737. The van der Waals surface area contributed by atoms with Gasteiger partial charge in [0, 0.05) is 0 Å². The van der Waals surface area contributed by atoms with Gasteiger partial charge in [-0.3, -0.25) is 4.79 Å². The summed E-state index contributed by atoms with van der Waals surface area (Å²) >= 11 is 1.61. The summed E-state index contributed by atoms with van der Waals surface area (Å²) in [6, 6.07) is 9.79. The van der Waals surface area contributed by atoms with Gasteiger partial charge in [0.1, 0.15) is 4.75 Å². The van der Waals surface area contributed by atoms with Crippen molar-refractivity contribution in [3.05, 3.63) is 35.9 Å². The second-order valence-corrected chi connectivity index (χ2v) is 5.24. The summed E-state index contributed by atoms with van der Waals surface area (Å²) in [6.07, 6.45) is 0. The van der Waals surface area contributed by atoms with Crippen LogP contribution in [0.15, 0.2) is 30.3 Å². The van der Waals surface area contributed by atoms with E-state index in [4.69, 9.17) is 4.74 Å². The highest BCUT2D eigenvalue weighted by Gasteiger charge is 2.36. The molecule has 88 valence electrons. The molecule has 0 radical (unpaired) electrons. The lowest BCUT2D eigenvalue weighted by molar-refractivity contribution is -0.145. The van der Waals surface area contributed by atoms with E-state index in [2.05, 4.69) is 0 Å². The van der Waals surface area contributed by atoms with E-state index in [-0.39, 0.29) is 5.97 Å². The molecular formula is C13H18O2S. The van der Waals surface area contributed by atoms with E-state index < -0.39 is 4.75 Å². The highest BCUT2D eigenvalue weighted by Crippen LogP contribution is 2.37. The molecule has 0 bridgehead atoms. The standard InChI is InChI=1S/C13H18O2S/c1-4-15-12(14)13(3,16-5-2)11-9-7-6-8-10-11/h6-10H,4-5H2,1-3H3/t13-/m1/s1. The Hall–Kier alpha value is -0.960. The average Bonchev–Trinajstić information content (AvgIpc) is 2.30. The molecule has 0 spiro atoms. The van der Waals surface area contributed by atoms with Crippen LogP contribution in [0, 0.1) is 0 Å². The molecule has 0 N–H and O–H groups in total. The fourth-order valence-corrected chi connectivity index (χ4v) is 2.63. The number of benzene rings is 1. The van der Waals surface area contributed by atoms with Gasteiger partial charge in [-0.2, -0.15) is 0 Å². The number of carbonyl (C=O) groups is 1. The summed E-state index contributed by atoms with van der Waals surface area (Å²) < 4.78 is 4.56. The van der Waals surface area contributed by atoms with Gasteiger partial charge in [-0.1, -0.05) is 37.3 Å². The molecule has 0 aliphatic rings. The van der Waals surface area contributed by atoms with Crippen molar-refractivity contribution in [1.29, 1.82) is 0 Å².